The van der Waals surface area contributed by atoms with Crippen LogP contribution in [0.3, 0.4) is 0 Å². The van der Waals surface area contributed by atoms with Crippen LogP contribution < -0.4 is 0 Å². The molecule has 0 saturated carbocycles. The van der Waals surface area contributed by atoms with Gasteiger partial charge in [0.1, 0.15) is 12.1 Å². The maximum Gasteiger partial charge on any atom is 0.233 e. The van der Waals surface area contributed by atoms with E-state index in [1.54, 1.807) is 0 Å². The SMILES string of the molecule is Cn1c(Cn2nnc3ccccc32)nnc1SCC(=O)N1CCCC1. The summed E-state index contributed by atoms with van der Waals surface area (Å²) in [6.45, 7) is 2.25. The van der Waals surface area contributed by atoms with Crippen molar-refractivity contribution in [1.82, 2.24) is 34.7 Å². The summed E-state index contributed by atoms with van der Waals surface area (Å²) in [5.41, 5.74) is 1.82. The maximum absolute atomic E-state index is 12.2. The highest BCUT2D eigenvalue weighted by Gasteiger charge is 2.19. The highest BCUT2D eigenvalue weighted by molar-refractivity contribution is 7.99. The lowest BCUT2D eigenvalue weighted by Crippen LogP contribution is -2.29. The van der Waals surface area contributed by atoms with Crippen LogP contribution in [0.2, 0.25) is 0 Å². The van der Waals surface area contributed by atoms with Gasteiger partial charge in [0.05, 0.1) is 11.3 Å². The van der Waals surface area contributed by atoms with Gasteiger partial charge >= 0.3 is 0 Å². The van der Waals surface area contributed by atoms with E-state index < -0.39 is 0 Å². The molecular formula is C16H19N7OS. The van der Waals surface area contributed by atoms with Gasteiger partial charge in [0.25, 0.3) is 0 Å². The van der Waals surface area contributed by atoms with Gasteiger partial charge in [-0.25, -0.2) is 4.68 Å². The fourth-order valence-corrected chi connectivity index (χ4v) is 3.79. The Bertz CT molecular complexity index is 897. The van der Waals surface area contributed by atoms with Crippen LogP contribution >= 0.6 is 11.8 Å². The Balaban J connectivity index is 1.44. The number of aromatic nitrogens is 6. The molecule has 4 rings (SSSR count). The zero-order valence-corrected chi connectivity index (χ0v) is 14.8. The number of carbonyl (C=O) groups is 1. The van der Waals surface area contributed by atoms with Crippen molar-refractivity contribution < 1.29 is 4.79 Å². The highest BCUT2D eigenvalue weighted by Crippen LogP contribution is 2.19. The zero-order valence-electron chi connectivity index (χ0n) is 14.0. The van der Waals surface area contributed by atoms with Crippen LogP contribution in [0.4, 0.5) is 0 Å². The van der Waals surface area contributed by atoms with Gasteiger partial charge in [-0.15, -0.1) is 15.3 Å². The third kappa shape index (κ3) is 3.23. The minimum Gasteiger partial charge on any atom is -0.342 e. The van der Waals surface area contributed by atoms with Crippen molar-refractivity contribution in [1.29, 1.82) is 0 Å². The summed E-state index contributed by atoms with van der Waals surface area (Å²) in [5, 5.41) is 17.6. The predicted molar refractivity (Wildman–Crippen MR) is 94.2 cm³/mol. The van der Waals surface area contributed by atoms with Crippen LogP contribution in [-0.2, 0) is 18.4 Å². The molecule has 1 amide bonds. The molecule has 1 fully saturated rings. The van der Waals surface area contributed by atoms with Crippen molar-refractivity contribution in [2.45, 2.75) is 24.5 Å². The molecule has 0 spiro atoms. The minimum absolute atomic E-state index is 0.175. The molecule has 2 aromatic heterocycles. The van der Waals surface area contributed by atoms with Crippen LogP contribution in [0.15, 0.2) is 29.4 Å². The molecule has 130 valence electrons. The average molecular weight is 357 g/mol. The number of benzene rings is 1. The van der Waals surface area contributed by atoms with Gasteiger partial charge in [0, 0.05) is 20.1 Å². The number of amides is 1. The molecule has 25 heavy (non-hydrogen) atoms. The van der Waals surface area contributed by atoms with Gasteiger partial charge in [0.2, 0.25) is 5.91 Å². The molecule has 0 N–H and O–H groups in total. The average Bonchev–Trinajstić information content (AvgIpc) is 3.36. The van der Waals surface area contributed by atoms with E-state index in [1.807, 2.05) is 45.5 Å². The van der Waals surface area contributed by atoms with Crippen molar-refractivity contribution in [3.05, 3.63) is 30.1 Å². The number of nitrogens with zero attached hydrogens (tertiary/aromatic N) is 7. The van der Waals surface area contributed by atoms with Crippen molar-refractivity contribution in [3.8, 4) is 0 Å². The number of thioether (sulfide) groups is 1. The molecule has 1 aromatic carbocycles. The zero-order chi connectivity index (χ0) is 17.2. The summed E-state index contributed by atoms with van der Waals surface area (Å²) in [4.78, 5) is 14.1. The number of fused-ring (bicyclic) bond motifs is 1. The second-order valence-corrected chi connectivity index (χ2v) is 7.01. The first-order valence-electron chi connectivity index (χ1n) is 8.29. The van der Waals surface area contributed by atoms with Crippen LogP contribution in [0.25, 0.3) is 11.0 Å². The van der Waals surface area contributed by atoms with Crippen LogP contribution in [0, 0.1) is 0 Å². The second-order valence-electron chi connectivity index (χ2n) is 6.07. The fraction of sp³-hybridized carbons (Fsp3) is 0.438. The molecule has 0 aliphatic carbocycles. The van der Waals surface area contributed by atoms with E-state index >= 15 is 0 Å². The number of hydrogen-bond donors (Lipinski definition) is 0. The Kier molecular flexibility index (Phi) is 4.39. The molecule has 0 unspecified atom stereocenters. The largest absolute Gasteiger partial charge is 0.342 e. The number of rotatable bonds is 5. The van der Waals surface area contributed by atoms with E-state index in [4.69, 9.17) is 0 Å². The normalized spacial score (nSPS) is 14.5. The van der Waals surface area contributed by atoms with Crippen LogP contribution in [-0.4, -0.2) is 59.4 Å². The Morgan fingerprint density at radius 3 is 2.80 bits per heavy atom. The van der Waals surface area contributed by atoms with Crippen molar-refractivity contribution >= 4 is 28.7 Å². The lowest BCUT2D eigenvalue weighted by Gasteiger charge is -2.14. The molecular weight excluding hydrogens is 338 g/mol. The Labute approximate surface area is 149 Å². The number of para-hydroxylation sites is 1. The lowest BCUT2D eigenvalue weighted by molar-refractivity contribution is -0.127. The quantitative estimate of drug-likeness (QED) is 0.641. The first kappa shape index (κ1) is 16.1. The summed E-state index contributed by atoms with van der Waals surface area (Å²) in [7, 11) is 1.91. The van der Waals surface area contributed by atoms with Crippen LogP contribution in [0.5, 0.6) is 0 Å². The molecule has 1 saturated heterocycles. The van der Waals surface area contributed by atoms with E-state index in [0.717, 1.165) is 47.9 Å². The topological polar surface area (TPSA) is 81.7 Å². The molecule has 0 radical (unpaired) electrons. The van der Waals surface area contributed by atoms with Gasteiger partial charge in [-0.2, -0.15) is 0 Å². The first-order chi connectivity index (χ1) is 12.2. The van der Waals surface area contributed by atoms with Gasteiger partial charge in [-0.3, -0.25) is 4.79 Å². The van der Waals surface area contributed by atoms with Gasteiger partial charge in [0.15, 0.2) is 11.0 Å². The fourth-order valence-electron chi connectivity index (χ4n) is 2.96. The first-order valence-corrected chi connectivity index (χ1v) is 9.28. The number of likely N-dealkylation sites (tertiary alicyclic amines) is 1. The van der Waals surface area contributed by atoms with E-state index in [9.17, 15) is 4.79 Å². The molecule has 1 aliphatic heterocycles. The van der Waals surface area contributed by atoms with Gasteiger partial charge < -0.3 is 9.47 Å². The smallest absolute Gasteiger partial charge is 0.233 e. The molecule has 1 aliphatic rings. The van der Waals surface area contributed by atoms with Crippen molar-refractivity contribution in [2.75, 3.05) is 18.8 Å². The van der Waals surface area contributed by atoms with E-state index in [-0.39, 0.29) is 5.91 Å². The molecule has 3 heterocycles. The number of hydrogen-bond acceptors (Lipinski definition) is 6. The molecule has 3 aromatic rings. The summed E-state index contributed by atoms with van der Waals surface area (Å²) in [6.07, 6.45) is 2.22. The van der Waals surface area contributed by atoms with Gasteiger partial charge in [-0.05, 0) is 25.0 Å². The highest BCUT2D eigenvalue weighted by atomic mass is 32.2. The van der Waals surface area contributed by atoms with Crippen molar-refractivity contribution in [2.24, 2.45) is 7.05 Å². The van der Waals surface area contributed by atoms with Crippen LogP contribution in [0.1, 0.15) is 18.7 Å². The third-order valence-corrected chi connectivity index (χ3v) is 5.43. The molecule has 0 atom stereocenters. The standard InChI is InChI=1S/C16H19N7OS/c1-21-14(10-23-13-7-3-2-6-12(13)17-20-23)18-19-16(21)25-11-15(24)22-8-4-5-9-22/h2-3,6-7H,4-5,8-11H2,1H3. The Morgan fingerprint density at radius 1 is 1.16 bits per heavy atom. The van der Waals surface area contributed by atoms with Crippen molar-refractivity contribution in [3.63, 3.8) is 0 Å². The minimum atomic E-state index is 0.175. The van der Waals surface area contributed by atoms with E-state index in [1.165, 1.54) is 11.8 Å². The van der Waals surface area contributed by atoms with E-state index in [2.05, 4.69) is 20.5 Å². The summed E-state index contributed by atoms with van der Waals surface area (Å²) in [5.74, 6) is 1.36. The summed E-state index contributed by atoms with van der Waals surface area (Å²) >= 11 is 1.43. The predicted octanol–water partition coefficient (Wildman–Crippen LogP) is 1.32. The number of carbonyl (C=O) groups excluding carboxylic acids is 1. The maximum atomic E-state index is 12.2. The Hall–Kier alpha value is -2.42. The molecule has 9 heteroatoms. The monoisotopic (exact) mass is 357 g/mol. The van der Waals surface area contributed by atoms with E-state index in [0.29, 0.717) is 12.3 Å². The lowest BCUT2D eigenvalue weighted by atomic mass is 10.3. The summed E-state index contributed by atoms with van der Waals surface area (Å²) < 4.78 is 3.72. The molecule has 8 nitrogen and oxygen atoms in total. The third-order valence-electron chi connectivity index (χ3n) is 4.42. The molecule has 0 bridgehead atoms. The summed E-state index contributed by atoms with van der Waals surface area (Å²) in [6, 6.07) is 7.82. The second kappa shape index (κ2) is 6.83. The van der Waals surface area contributed by atoms with Gasteiger partial charge in [-0.1, -0.05) is 29.1 Å². The Morgan fingerprint density at radius 2 is 1.96 bits per heavy atom.